The third kappa shape index (κ3) is 6.34. The van der Waals surface area contributed by atoms with E-state index in [-0.39, 0.29) is 5.54 Å². The molecule has 0 bridgehead atoms. The van der Waals surface area contributed by atoms with Crippen LogP contribution in [0.2, 0.25) is 0 Å². The standard InChI is InChI=1S/C13H23N3O/c1-13(2,3)15-10-11-7-8-14-12(16-11)6-5-9-17-4/h7-8,15H,5-6,9-10H2,1-4H3. The van der Waals surface area contributed by atoms with Gasteiger partial charge in [-0.3, -0.25) is 0 Å². The minimum atomic E-state index is 0.112. The van der Waals surface area contributed by atoms with Gasteiger partial charge in [-0.2, -0.15) is 0 Å². The number of nitrogens with zero attached hydrogens (tertiary/aromatic N) is 2. The molecule has 0 radical (unpaired) electrons. The Bertz CT molecular complexity index is 334. The Labute approximate surface area is 104 Å². The zero-order valence-corrected chi connectivity index (χ0v) is 11.3. The summed E-state index contributed by atoms with van der Waals surface area (Å²) in [5.41, 5.74) is 1.16. The Morgan fingerprint density at radius 1 is 1.35 bits per heavy atom. The molecule has 0 saturated heterocycles. The smallest absolute Gasteiger partial charge is 0.128 e. The first kappa shape index (κ1) is 14.1. The van der Waals surface area contributed by atoms with Crippen LogP contribution in [0.5, 0.6) is 0 Å². The van der Waals surface area contributed by atoms with E-state index in [1.54, 1.807) is 7.11 Å². The number of ether oxygens (including phenoxy) is 1. The fraction of sp³-hybridized carbons (Fsp3) is 0.692. The van der Waals surface area contributed by atoms with Crippen LogP contribution >= 0.6 is 0 Å². The van der Waals surface area contributed by atoms with E-state index < -0.39 is 0 Å². The van der Waals surface area contributed by atoms with Gasteiger partial charge in [0.2, 0.25) is 0 Å². The van der Waals surface area contributed by atoms with Crippen LogP contribution in [-0.2, 0) is 17.7 Å². The predicted molar refractivity (Wildman–Crippen MR) is 68.8 cm³/mol. The van der Waals surface area contributed by atoms with Crippen molar-refractivity contribution < 1.29 is 4.74 Å². The van der Waals surface area contributed by atoms with Crippen molar-refractivity contribution in [2.24, 2.45) is 0 Å². The number of aryl methyl sites for hydroxylation is 1. The van der Waals surface area contributed by atoms with E-state index in [9.17, 15) is 0 Å². The summed E-state index contributed by atoms with van der Waals surface area (Å²) in [5.74, 6) is 0.898. The molecule has 0 saturated carbocycles. The Morgan fingerprint density at radius 2 is 2.12 bits per heavy atom. The predicted octanol–water partition coefficient (Wildman–Crippen LogP) is 1.94. The zero-order valence-electron chi connectivity index (χ0n) is 11.3. The number of hydrogen-bond acceptors (Lipinski definition) is 4. The topological polar surface area (TPSA) is 47.0 Å². The molecule has 0 fully saturated rings. The Hall–Kier alpha value is -1.00. The first-order valence-corrected chi connectivity index (χ1v) is 6.06. The molecule has 0 atom stereocenters. The van der Waals surface area contributed by atoms with Crippen molar-refractivity contribution >= 4 is 0 Å². The molecule has 4 heteroatoms. The fourth-order valence-electron chi connectivity index (χ4n) is 1.39. The molecule has 0 aliphatic carbocycles. The molecule has 0 aliphatic heterocycles. The van der Waals surface area contributed by atoms with Gasteiger partial charge in [0.1, 0.15) is 5.82 Å². The Morgan fingerprint density at radius 3 is 2.76 bits per heavy atom. The van der Waals surface area contributed by atoms with E-state index in [2.05, 4.69) is 36.1 Å². The van der Waals surface area contributed by atoms with Gasteiger partial charge in [0, 0.05) is 38.4 Å². The van der Waals surface area contributed by atoms with Crippen LogP contribution in [-0.4, -0.2) is 29.2 Å². The molecule has 1 N–H and O–H groups in total. The normalized spacial score (nSPS) is 11.8. The van der Waals surface area contributed by atoms with Crippen molar-refractivity contribution in [1.29, 1.82) is 0 Å². The molecule has 96 valence electrons. The van der Waals surface area contributed by atoms with Gasteiger partial charge >= 0.3 is 0 Å². The molecule has 4 nitrogen and oxygen atoms in total. The van der Waals surface area contributed by atoms with Crippen LogP contribution in [0.1, 0.15) is 38.7 Å². The third-order valence-electron chi connectivity index (χ3n) is 2.31. The van der Waals surface area contributed by atoms with Crippen molar-refractivity contribution in [2.75, 3.05) is 13.7 Å². The van der Waals surface area contributed by atoms with Crippen LogP contribution in [0.3, 0.4) is 0 Å². The van der Waals surface area contributed by atoms with Gasteiger partial charge in [-0.15, -0.1) is 0 Å². The lowest BCUT2D eigenvalue weighted by atomic mass is 10.1. The zero-order chi connectivity index (χ0) is 12.7. The number of rotatable bonds is 6. The number of hydrogen-bond donors (Lipinski definition) is 1. The minimum Gasteiger partial charge on any atom is -0.385 e. The van der Waals surface area contributed by atoms with Gasteiger partial charge in [0.15, 0.2) is 0 Å². The first-order chi connectivity index (χ1) is 8.01. The Balaban J connectivity index is 2.48. The summed E-state index contributed by atoms with van der Waals surface area (Å²) in [4.78, 5) is 8.78. The lowest BCUT2D eigenvalue weighted by Gasteiger charge is -2.20. The van der Waals surface area contributed by atoms with Crippen molar-refractivity contribution in [2.45, 2.75) is 45.7 Å². The summed E-state index contributed by atoms with van der Waals surface area (Å²) in [7, 11) is 1.71. The summed E-state index contributed by atoms with van der Waals surface area (Å²) in [6, 6.07) is 1.96. The molecule has 1 aromatic rings. The maximum absolute atomic E-state index is 5.02. The maximum atomic E-state index is 5.02. The SMILES string of the molecule is COCCCc1nccc(CNC(C)(C)C)n1. The summed E-state index contributed by atoms with van der Waals surface area (Å²) in [5, 5.41) is 3.42. The van der Waals surface area contributed by atoms with Crippen LogP contribution in [0.15, 0.2) is 12.3 Å². The minimum absolute atomic E-state index is 0.112. The summed E-state index contributed by atoms with van der Waals surface area (Å²) in [6.45, 7) is 7.98. The second-order valence-corrected chi connectivity index (χ2v) is 5.16. The lowest BCUT2D eigenvalue weighted by molar-refractivity contribution is 0.194. The van der Waals surface area contributed by atoms with Crippen molar-refractivity contribution in [3.63, 3.8) is 0 Å². The molecular formula is C13H23N3O. The van der Waals surface area contributed by atoms with E-state index in [0.29, 0.717) is 0 Å². The molecule has 1 aromatic heterocycles. The van der Waals surface area contributed by atoms with E-state index >= 15 is 0 Å². The van der Waals surface area contributed by atoms with Crippen LogP contribution in [0.25, 0.3) is 0 Å². The maximum Gasteiger partial charge on any atom is 0.128 e. The van der Waals surface area contributed by atoms with E-state index in [1.165, 1.54) is 0 Å². The number of aromatic nitrogens is 2. The van der Waals surface area contributed by atoms with Gasteiger partial charge in [-0.25, -0.2) is 9.97 Å². The van der Waals surface area contributed by atoms with Gasteiger partial charge in [-0.1, -0.05) is 0 Å². The molecule has 1 heterocycles. The molecule has 0 aromatic carbocycles. The van der Waals surface area contributed by atoms with E-state index in [1.807, 2.05) is 12.3 Å². The van der Waals surface area contributed by atoms with Gasteiger partial charge < -0.3 is 10.1 Å². The van der Waals surface area contributed by atoms with Gasteiger partial charge in [0.05, 0.1) is 5.69 Å². The molecule has 0 unspecified atom stereocenters. The van der Waals surface area contributed by atoms with Crippen LogP contribution in [0, 0.1) is 0 Å². The number of methoxy groups -OCH3 is 1. The molecular weight excluding hydrogens is 214 g/mol. The van der Waals surface area contributed by atoms with Crippen molar-refractivity contribution in [3.8, 4) is 0 Å². The highest BCUT2D eigenvalue weighted by Crippen LogP contribution is 2.03. The average Bonchev–Trinajstić information content (AvgIpc) is 2.27. The second kappa shape index (κ2) is 6.67. The number of nitrogens with one attached hydrogen (secondary N) is 1. The Kier molecular flexibility index (Phi) is 5.51. The highest BCUT2D eigenvalue weighted by atomic mass is 16.5. The third-order valence-corrected chi connectivity index (χ3v) is 2.31. The highest BCUT2D eigenvalue weighted by Gasteiger charge is 2.09. The monoisotopic (exact) mass is 237 g/mol. The van der Waals surface area contributed by atoms with Crippen LogP contribution < -0.4 is 5.32 Å². The molecule has 1 rings (SSSR count). The largest absolute Gasteiger partial charge is 0.385 e. The van der Waals surface area contributed by atoms with Crippen molar-refractivity contribution in [3.05, 3.63) is 23.8 Å². The second-order valence-electron chi connectivity index (χ2n) is 5.16. The van der Waals surface area contributed by atoms with E-state index in [4.69, 9.17) is 4.74 Å². The summed E-state index contributed by atoms with van der Waals surface area (Å²) >= 11 is 0. The van der Waals surface area contributed by atoms with Gasteiger partial charge in [0.25, 0.3) is 0 Å². The average molecular weight is 237 g/mol. The summed E-state index contributed by atoms with van der Waals surface area (Å²) in [6.07, 6.45) is 3.67. The lowest BCUT2D eigenvalue weighted by Crippen LogP contribution is -2.35. The first-order valence-electron chi connectivity index (χ1n) is 6.06. The molecule has 0 aliphatic rings. The molecule has 0 spiro atoms. The van der Waals surface area contributed by atoms with Crippen molar-refractivity contribution in [1.82, 2.24) is 15.3 Å². The highest BCUT2D eigenvalue weighted by molar-refractivity contribution is 5.02. The van der Waals surface area contributed by atoms with E-state index in [0.717, 1.165) is 37.5 Å². The van der Waals surface area contributed by atoms with Gasteiger partial charge in [-0.05, 0) is 33.3 Å². The molecule has 0 amide bonds. The quantitative estimate of drug-likeness (QED) is 0.768. The van der Waals surface area contributed by atoms with Crippen LogP contribution in [0.4, 0.5) is 0 Å². The summed E-state index contributed by atoms with van der Waals surface area (Å²) < 4.78 is 5.02. The molecule has 17 heavy (non-hydrogen) atoms. The fourth-order valence-corrected chi connectivity index (χ4v) is 1.39.